The van der Waals surface area contributed by atoms with Crippen molar-refractivity contribution < 1.29 is 9.47 Å². The van der Waals surface area contributed by atoms with E-state index in [0.717, 1.165) is 0 Å². The molecule has 1 aliphatic rings. The minimum Gasteiger partial charge on any atom is -0.342 e. The second-order valence-corrected chi connectivity index (χ2v) is 3.57. The molecule has 82 valence electrons. The maximum Gasteiger partial charge on any atom is 0.251 e. The lowest BCUT2D eigenvalue weighted by atomic mass is 10.2. The number of hydrogen-bond donors (Lipinski definition) is 1. The van der Waals surface area contributed by atoms with E-state index in [1.807, 2.05) is 6.92 Å². The van der Waals surface area contributed by atoms with E-state index in [1.165, 1.54) is 6.07 Å². The molecular formula is C10H14N2O3. The summed E-state index contributed by atoms with van der Waals surface area (Å²) in [5.74, 6) is -0.212. The SMILES string of the molecule is CCc1nc(C2(C)OCCO2)cc(=O)[nH]1. The maximum absolute atomic E-state index is 11.4. The Bertz CT molecular complexity index is 407. The van der Waals surface area contributed by atoms with Gasteiger partial charge in [0.05, 0.1) is 13.2 Å². The first-order valence-corrected chi connectivity index (χ1v) is 5.02. The number of nitrogens with one attached hydrogen (secondary N) is 1. The van der Waals surface area contributed by atoms with Crippen LogP contribution in [-0.4, -0.2) is 23.2 Å². The molecule has 2 heterocycles. The van der Waals surface area contributed by atoms with Gasteiger partial charge in [-0.3, -0.25) is 4.79 Å². The van der Waals surface area contributed by atoms with Crippen LogP contribution in [0.3, 0.4) is 0 Å². The fourth-order valence-electron chi connectivity index (χ4n) is 1.57. The highest BCUT2D eigenvalue weighted by Crippen LogP contribution is 2.28. The summed E-state index contributed by atoms with van der Waals surface area (Å²) < 4.78 is 10.9. The van der Waals surface area contributed by atoms with Crippen LogP contribution in [0.15, 0.2) is 10.9 Å². The molecule has 1 aromatic rings. The number of nitrogens with zero attached hydrogens (tertiary/aromatic N) is 1. The molecule has 0 aliphatic carbocycles. The van der Waals surface area contributed by atoms with Crippen molar-refractivity contribution in [2.45, 2.75) is 26.1 Å². The summed E-state index contributed by atoms with van der Waals surface area (Å²) in [4.78, 5) is 18.3. The molecule has 0 radical (unpaired) electrons. The Balaban J connectivity index is 2.43. The number of rotatable bonds is 2. The molecule has 1 fully saturated rings. The Morgan fingerprint density at radius 3 is 2.80 bits per heavy atom. The summed E-state index contributed by atoms with van der Waals surface area (Å²) in [6, 6.07) is 1.42. The molecule has 1 N–H and O–H groups in total. The van der Waals surface area contributed by atoms with Crippen molar-refractivity contribution in [2.75, 3.05) is 13.2 Å². The van der Waals surface area contributed by atoms with Crippen molar-refractivity contribution >= 4 is 0 Å². The van der Waals surface area contributed by atoms with Gasteiger partial charge in [0.1, 0.15) is 11.5 Å². The normalized spacial score (nSPS) is 19.3. The van der Waals surface area contributed by atoms with E-state index >= 15 is 0 Å². The van der Waals surface area contributed by atoms with Crippen molar-refractivity contribution in [1.82, 2.24) is 9.97 Å². The van der Waals surface area contributed by atoms with Crippen LogP contribution in [0.2, 0.25) is 0 Å². The minimum absolute atomic E-state index is 0.169. The highest BCUT2D eigenvalue weighted by atomic mass is 16.7. The van der Waals surface area contributed by atoms with Gasteiger partial charge in [-0.25, -0.2) is 4.98 Å². The quantitative estimate of drug-likeness (QED) is 0.774. The zero-order valence-corrected chi connectivity index (χ0v) is 8.87. The number of aromatic amines is 1. The first-order valence-electron chi connectivity index (χ1n) is 5.02. The van der Waals surface area contributed by atoms with Gasteiger partial charge in [-0.1, -0.05) is 6.92 Å². The molecule has 0 aromatic carbocycles. The number of hydrogen-bond acceptors (Lipinski definition) is 4. The molecule has 15 heavy (non-hydrogen) atoms. The van der Waals surface area contributed by atoms with Gasteiger partial charge in [0.25, 0.3) is 5.56 Å². The van der Waals surface area contributed by atoms with Crippen molar-refractivity contribution in [3.63, 3.8) is 0 Å². The van der Waals surface area contributed by atoms with Gasteiger partial charge in [0.15, 0.2) is 0 Å². The van der Waals surface area contributed by atoms with Crippen LogP contribution >= 0.6 is 0 Å². The second-order valence-electron chi connectivity index (χ2n) is 3.57. The van der Waals surface area contributed by atoms with Crippen molar-refractivity contribution in [1.29, 1.82) is 0 Å². The highest BCUT2D eigenvalue weighted by molar-refractivity contribution is 5.09. The molecule has 0 atom stereocenters. The Morgan fingerprint density at radius 2 is 2.20 bits per heavy atom. The third-order valence-electron chi connectivity index (χ3n) is 2.43. The lowest BCUT2D eigenvalue weighted by molar-refractivity contribution is -0.153. The van der Waals surface area contributed by atoms with Gasteiger partial charge in [0, 0.05) is 12.5 Å². The minimum atomic E-state index is -0.863. The molecule has 1 aromatic heterocycles. The largest absolute Gasteiger partial charge is 0.342 e. The summed E-state index contributed by atoms with van der Waals surface area (Å²) in [5, 5.41) is 0. The molecule has 5 heteroatoms. The third-order valence-corrected chi connectivity index (χ3v) is 2.43. The van der Waals surface area contributed by atoms with Gasteiger partial charge in [-0.15, -0.1) is 0 Å². The van der Waals surface area contributed by atoms with Gasteiger partial charge in [-0.05, 0) is 6.92 Å². The molecule has 0 unspecified atom stereocenters. The summed E-state index contributed by atoms with van der Waals surface area (Å²) in [6.45, 7) is 4.78. The Labute approximate surface area is 87.4 Å². The monoisotopic (exact) mass is 210 g/mol. The van der Waals surface area contributed by atoms with E-state index in [0.29, 0.717) is 31.2 Å². The van der Waals surface area contributed by atoms with Gasteiger partial charge < -0.3 is 14.5 Å². The highest BCUT2D eigenvalue weighted by Gasteiger charge is 2.35. The summed E-state index contributed by atoms with van der Waals surface area (Å²) in [5.41, 5.74) is 0.373. The Kier molecular flexibility index (Phi) is 2.58. The zero-order valence-electron chi connectivity index (χ0n) is 8.87. The summed E-state index contributed by atoms with van der Waals surface area (Å²) >= 11 is 0. The average Bonchev–Trinajstić information content (AvgIpc) is 2.65. The van der Waals surface area contributed by atoms with E-state index in [9.17, 15) is 4.79 Å². The standard InChI is InChI=1S/C10H14N2O3/c1-3-8-11-7(6-9(13)12-8)10(2)14-4-5-15-10/h6H,3-5H2,1-2H3,(H,11,12,13). The fourth-order valence-corrected chi connectivity index (χ4v) is 1.57. The van der Waals surface area contributed by atoms with E-state index in [-0.39, 0.29) is 5.56 Å². The van der Waals surface area contributed by atoms with Crippen molar-refractivity contribution in [3.05, 3.63) is 27.9 Å². The third kappa shape index (κ3) is 1.93. The van der Waals surface area contributed by atoms with E-state index < -0.39 is 5.79 Å². The van der Waals surface area contributed by atoms with Crippen LogP contribution in [0, 0.1) is 0 Å². The van der Waals surface area contributed by atoms with Crippen molar-refractivity contribution in [2.24, 2.45) is 0 Å². The molecule has 0 bridgehead atoms. The molecule has 0 spiro atoms. The summed E-state index contributed by atoms with van der Waals surface area (Å²) in [6.07, 6.45) is 0.680. The molecule has 2 rings (SSSR count). The predicted molar refractivity (Wildman–Crippen MR) is 53.5 cm³/mol. The topological polar surface area (TPSA) is 64.2 Å². The van der Waals surface area contributed by atoms with E-state index in [2.05, 4.69) is 9.97 Å². The second kappa shape index (κ2) is 3.75. The zero-order chi connectivity index (χ0) is 10.9. The van der Waals surface area contributed by atoms with E-state index in [4.69, 9.17) is 9.47 Å². The van der Waals surface area contributed by atoms with Gasteiger partial charge in [0.2, 0.25) is 5.79 Å². The summed E-state index contributed by atoms with van der Waals surface area (Å²) in [7, 11) is 0. The first kappa shape index (κ1) is 10.3. The number of ether oxygens (including phenoxy) is 2. The van der Waals surface area contributed by atoms with Crippen LogP contribution in [-0.2, 0) is 21.7 Å². The first-order chi connectivity index (χ1) is 7.14. The predicted octanol–water partition coefficient (Wildman–Crippen LogP) is 0.552. The molecule has 0 amide bonds. The van der Waals surface area contributed by atoms with Crippen LogP contribution in [0.4, 0.5) is 0 Å². The van der Waals surface area contributed by atoms with Crippen LogP contribution in [0.1, 0.15) is 25.4 Å². The molecule has 1 aliphatic heterocycles. The van der Waals surface area contributed by atoms with Gasteiger partial charge >= 0.3 is 0 Å². The Hall–Kier alpha value is -1.20. The van der Waals surface area contributed by atoms with Crippen LogP contribution in [0.5, 0.6) is 0 Å². The Morgan fingerprint density at radius 1 is 1.53 bits per heavy atom. The van der Waals surface area contributed by atoms with Crippen LogP contribution < -0.4 is 5.56 Å². The van der Waals surface area contributed by atoms with E-state index in [1.54, 1.807) is 6.92 Å². The maximum atomic E-state index is 11.4. The van der Waals surface area contributed by atoms with Gasteiger partial charge in [-0.2, -0.15) is 0 Å². The van der Waals surface area contributed by atoms with Crippen molar-refractivity contribution in [3.8, 4) is 0 Å². The molecule has 0 saturated carbocycles. The average molecular weight is 210 g/mol. The molecular weight excluding hydrogens is 196 g/mol. The number of aryl methyl sites for hydroxylation is 1. The fraction of sp³-hybridized carbons (Fsp3) is 0.600. The van der Waals surface area contributed by atoms with Crippen LogP contribution in [0.25, 0.3) is 0 Å². The number of H-pyrrole nitrogens is 1. The lowest BCUT2D eigenvalue weighted by Gasteiger charge is -2.21. The smallest absolute Gasteiger partial charge is 0.251 e. The molecule has 1 saturated heterocycles. The lowest BCUT2D eigenvalue weighted by Crippen LogP contribution is -2.27. The molecule has 5 nitrogen and oxygen atoms in total. The number of aromatic nitrogens is 2.